The molecule has 0 saturated heterocycles. The zero-order chi connectivity index (χ0) is 13.8. The molecule has 5 nitrogen and oxygen atoms in total. The number of nitrogens with one attached hydrogen (secondary N) is 1. The predicted octanol–water partition coefficient (Wildman–Crippen LogP) is 1.13. The van der Waals surface area contributed by atoms with Crippen molar-refractivity contribution in [3.05, 3.63) is 22.4 Å². The van der Waals surface area contributed by atoms with Gasteiger partial charge in [0.15, 0.2) is 0 Å². The molecule has 3 N–H and O–H groups in total. The third-order valence-electron chi connectivity index (χ3n) is 2.67. The minimum Gasteiger partial charge on any atom is -0.394 e. The second-order valence-electron chi connectivity index (χ2n) is 4.57. The van der Waals surface area contributed by atoms with Gasteiger partial charge >= 0.3 is 0 Å². The molecule has 0 fully saturated rings. The minimum atomic E-state index is -1.01. The van der Waals surface area contributed by atoms with Crippen molar-refractivity contribution in [2.24, 2.45) is 0 Å². The molecular weight excluding hydrogens is 300 g/mol. The molecule has 1 aromatic heterocycles. The normalized spacial score (nSPS) is 11.6. The van der Waals surface area contributed by atoms with E-state index in [4.69, 9.17) is 10.2 Å². The topological polar surface area (TPSA) is 74.5 Å². The molecule has 0 aliphatic heterocycles. The van der Waals surface area contributed by atoms with E-state index in [1.165, 1.54) is 0 Å². The van der Waals surface area contributed by atoms with E-state index in [1.807, 2.05) is 17.7 Å². The highest BCUT2D eigenvalue weighted by molar-refractivity contribution is 9.10. The van der Waals surface area contributed by atoms with E-state index in [0.29, 0.717) is 5.69 Å². The number of hydrogen-bond donors (Lipinski definition) is 3. The molecule has 0 saturated carbocycles. The van der Waals surface area contributed by atoms with Crippen molar-refractivity contribution in [2.45, 2.75) is 32.4 Å². The quantitative estimate of drug-likeness (QED) is 0.736. The van der Waals surface area contributed by atoms with Gasteiger partial charge in [-0.1, -0.05) is 6.92 Å². The molecule has 0 atom stereocenters. The summed E-state index contributed by atoms with van der Waals surface area (Å²) in [5.74, 6) is -0.306. The lowest BCUT2D eigenvalue weighted by atomic mass is 10.1. The van der Waals surface area contributed by atoms with Crippen molar-refractivity contribution >= 4 is 21.8 Å². The zero-order valence-corrected chi connectivity index (χ0v) is 12.2. The predicted molar refractivity (Wildman–Crippen MR) is 72.5 cm³/mol. The Morgan fingerprint density at radius 3 is 2.61 bits per heavy atom. The first-order chi connectivity index (χ1) is 8.45. The molecule has 18 heavy (non-hydrogen) atoms. The van der Waals surface area contributed by atoms with E-state index in [0.717, 1.165) is 17.4 Å². The van der Waals surface area contributed by atoms with Crippen LogP contribution in [0.15, 0.2) is 16.7 Å². The van der Waals surface area contributed by atoms with Crippen LogP contribution in [-0.2, 0) is 6.54 Å². The maximum atomic E-state index is 12.1. The van der Waals surface area contributed by atoms with E-state index < -0.39 is 5.54 Å². The van der Waals surface area contributed by atoms with Crippen LogP contribution in [0.3, 0.4) is 0 Å². The van der Waals surface area contributed by atoms with Gasteiger partial charge in [0.1, 0.15) is 5.69 Å². The van der Waals surface area contributed by atoms with Crippen molar-refractivity contribution < 1.29 is 15.0 Å². The highest BCUT2D eigenvalue weighted by atomic mass is 79.9. The lowest BCUT2D eigenvalue weighted by Gasteiger charge is -2.26. The Morgan fingerprint density at radius 1 is 1.50 bits per heavy atom. The molecule has 0 unspecified atom stereocenters. The molecule has 0 spiro atoms. The molecular formula is C12H19BrN2O3. The number of rotatable bonds is 6. The molecule has 0 aliphatic rings. The number of aryl methyl sites for hydroxylation is 1. The van der Waals surface area contributed by atoms with Crippen LogP contribution in [-0.4, -0.2) is 39.4 Å². The van der Waals surface area contributed by atoms with Gasteiger partial charge in [-0.2, -0.15) is 0 Å². The van der Waals surface area contributed by atoms with Crippen LogP contribution in [0, 0.1) is 0 Å². The van der Waals surface area contributed by atoms with Gasteiger partial charge < -0.3 is 20.1 Å². The van der Waals surface area contributed by atoms with E-state index in [1.54, 1.807) is 13.0 Å². The molecule has 1 amide bonds. The standard InChI is InChI=1S/C12H19BrN2O3/c1-3-4-15-6-9(13)5-10(15)11(18)14-12(2,7-16)8-17/h5-6,16-17H,3-4,7-8H2,1-2H3,(H,14,18). The Balaban J connectivity index is 2.90. The maximum absolute atomic E-state index is 12.1. The molecule has 0 radical (unpaired) electrons. The second kappa shape index (κ2) is 6.36. The van der Waals surface area contributed by atoms with Crippen molar-refractivity contribution in [2.75, 3.05) is 13.2 Å². The summed E-state index contributed by atoms with van der Waals surface area (Å²) in [6, 6.07) is 1.72. The summed E-state index contributed by atoms with van der Waals surface area (Å²) in [5.41, 5.74) is -0.498. The van der Waals surface area contributed by atoms with Crippen LogP contribution < -0.4 is 5.32 Å². The first kappa shape index (κ1) is 15.2. The molecule has 0 aliphatic carbocycles. The highest BCUT2D eigenvalue weighted by Gasteiger charge is 2.26. The number of halogens is 1. The fraction of sp³-hybridized carbons (Fsp3) is 0.583. The lowest BCUT2D eigenvalue weighted by molar-refractivity contribution is 0.0716. The summed E-state index contributed by atoms with van der Waals surface area (Å²) in [6.45, 7) is 3.73. The SMILES string of the molecule is CCCn1cc(Br)cc1C(=O)NC(C)(CO)CO. The van der Waals surface area contributed by atoms with Crippen LogP contribution in [0.1, 0.15) is 30.8 Å². The monoisotopic (exact) mass is 318 g/mol. The summed E-state index contributed by atoms with van der Waals surface area (Å²) in [4.78, 5) is 12.1. The largest absolute Gasteiger partial charge is 0.394 e. The van der Waals surface area contributed by atoms with Gasteiger partial charge in [-0.25, -0.2) is 0 Å². The van der Waals surface area contributed by atoms with Crippen LogP contribution in [0.25, 0.3) is 0 Å². The van der Waals surface area contributed by atoms with Crippen molar-refractivity contribution in [3.63, 3.8) is 0 Å². The second-order valence-corrected chi connectivity index (χ2v) is 5.48. The third kappa shape index (κ3) is 3.57. The van der Waals surface area contributed by atoms with Crippen molar-refractivity contribution in [1.82, 2.24) is 9.88 Å². The van der Waals surface area contributed by atoms with Crippen LogP contribution in [0.5, 0.6) is 0 Å². The van der Waals surface area contributed by atoms with E-state index in [9.17, 15) is 4.79 Å². The highest BCUT2D eigenvalue weighted by Crippen LogP contribution is 2.16. The van der Waals surface area contributed by atoms with Gasteiger partial charge in [-0.15, -0.1) is 0 Å². The van der Waals surface area contributed by atoms with Crippen molar-refractivity contribution in [3.8, 4) is 0 Å². The number of aliphatic hydroxyl groups excluding tert-OH is 2. The van der Waals surface area contributed by atoms with Gasteiger partial charge in [0.25, 0.3) is 5.91 Å². The number of amides is 1. The first-order valence-electron chi connectivity index (χ1n) is 5.85. The Morgan fingerprint density at radius 2 is 2.11 bits per heavy atom. The molecule has 6 heteroatoms. The maximum Gasteiger partial charge on any atom is 0.268 e. The number of hydrogen-bond acceptors (Lipinski definition) is 3. The van der Waals surface area contributed by atoms with Gasteiger partial charge in [0.2, 0.25) is 0 Å². The Bertz CT molecular complexity index is 413. The number of carbonyl (C=O) groups excluding carboxylic acids is 1. The molecule has 1 heterocycles. The number of nitrogens with zero attached hydrogens (tertiary/aromatic N) is 1. The summed E-state index contributed by atoms with van der Waals surface area (Å²) in [7, 11) is 0. The number of carbonyl (C=O) groups is 1. The summed E-state index contributed by atoms with van der Waals surface area (Å²) >= 11 is 3.34. The van der Waals surface area contributed by atoms with Crippen LogP contribution in [0.2, 0.25) is 0 Å². The van der Waals surface area contributed by atoms with E-state index in [2.05, 4.69) is 21.2 Å². The first-order valence-corrected chi connectivity index (χ1v) is 6.65. The number of aromatic nitrogens is 1. The lowest BCUT2D eigenvalue weighted by Crippen LogP contribution is -2.52. The molecule has 0 aromatic carbocycles. The molecule has 1 rings (SSSR count). The number of aliphatic hydroxyl groups is 2. The fourth-order valence-electron chi connectivity index (χ4n) is 1.56. The van der Waals surface area contributed by atoms with Gasteiger partial charge in [0.05, 0.1) is 18.8 Å². The minimum absolute atomic E-state index is 0.306. The Kier molecular flexibility index (Phi) is 5.37. The fourth-order valence-corrected chi connectivity index (χ4v) is 2.02. The average molecular weight is 319 g/mol. The molecule has 102 valence electrons. The van der Waals surface area contributed by atoms with Gasteiger partial charge in [0, 0.05) is 17.2 Å². The summed E-state index contributed by atoms with van der Waals surface area (Å²) in [6.07, 6.45) is 2.76. The summed E-state index contributed by atoms with van der Waals surface area (Å²) in [5, 5.41) is 21.0. The van der Waals surface area contributed by atoms with Crippen LogP contribution in [0.4, 0.5) is 0 Å². The Hall–Kier alpha value is -0.850. The zero-order valence-electron chi connectivity index (χ0n) is 10.6. The Labute approximate surface area is 115 Å². The molecule has 1 aromatic rings. The van der Waals surface area contributed by atoms with Gasteiger partial charge in [-0.05, 0) is 35.3 Å². The van der Waals surface area contributed by atoms with Crippen molar-refractivity contribution in [1.29, 1.82) is 0 Å². The average Bonchev–Trinajstić information content (AvgIpc) is 2.71. The van der Waals surface area contributed by atoms with E-state index in [-0.39, 0.29) is 19.1 Å². The molecule has 0 bridgehead atoms. The van der Waals surface area contributed by atoms with E-state index >= 15 is 0 Å². The third-order valence-corrected chi connectivity index (χ3v) is 3.11. The van der Waals surface area contributed by atoms with Gasteiger partial charge in [-0.3, -0.25) is 4.79 Å². The smallest absolute Gasteiger partial charge is 0.268 e. The summed E-state index contributed by atoms with van der Waals surface area (Å²) < 4.78 is 2.67. The van der Waals surface area contributed by atoms with Crippen LogP contribution >= 0.6 is 15.9 Å².